The molecule has 82 valence electrons. The minimum absolute atomic E-state index is 0.225. The van der Waals surface area contributed by atoms with Crippen LogP contribution in [0.4, 0.5) is 5.69 Å². The molecule has 1 heterocycles. The Morgan fingerprint density at radius 1 is 1.25 bits per heavy atom. The van der Waals surface area contributed by atoms with Gasteiger partial charge < -0.3 is 5.11 Å². The number of hydrogen-bond acceptors (Lipinski definition) is 6. The van der Waals surface area contributed by atoms with Gasteiger partial charge in [0.05, 0.1) is 10.5 Å². The second kappa shape index (κ2) is 3.00. The van der Waals surface area contributed by atoms with Gasteiger partial charge in [0.2, 0.25) is 0 Å². The van der Waals surface area contributed by atoms with Gasteiger partial charge in [0.1, 0.15) is 5.56 Å². The number of hydrogen-bond donors (Lipinski definition) is 2. The van der Waals surface area contributed by atoms with E-state index in [4.69, 9.17) is 5.21 Å². The lowest BCUT2D eigenvalue weighted by molar-refractivity contribution is -0.386. The van der Waals surface area contributed by atoms with Crippen molar-refractivity contribution < 1.29 is 24.8 Å². The summed E-state index contributed by atoms with van der Waals surface area (Å²) < 4.78 is 0. The zero-order valence-corrected chi connectivity index (χ0v) is 7.58. The highest BCUT2D eigenvalue weighted by molar-refractivity contribution is 6.22. The molecule has 0 unspecified atom stereocenters. The summed E-state index contributed by atoms with van der Waals surface area (Å²) in [6.07, 6.45) is 0. The third-order valence-electron chi connectivity index (χ3n) is 2.17. The first-order valence-electron chi connectivity index (χ1n) is 4.03. The largest absolute Gasteiger partial charge is 0.502 e. The van der Waals surface area contributed by atoms with Gasteiger partial charge in [-0.3, -0.25) is 24.9 Å². The Bertz CT molecular complexity index is 538. The van der Waals surface area contributed by atoms with Crippen LogP contribution in [0.3, 0.4) is 0 Å². The summed E-state index contributed by atoms with van der Waals surface area (Å²) in [6.45, 7) is 0. The monoisotopic (exact) mass is 224 g/mol. The number of aromatic hydroxyl groups is 1. The SMILES string of the molecule is O=C1c2ccc(O)c([N+](=O)[O-])c2C(=O)N1O. The van der Waals surface area contributed by atoms with Crippen molar-refractivity contribution in [1.82, 2.24) is 5.06 Å². The molecule has 1 aromatic carbocycles. The van der Waals surface area contributed by atoms with E-state index in [-0.39, 0.29) is 10.6 Å². The lowest BCUT2D eigenvalue weighted by Gasteiger charge is -2.00. The Balaban J connectivity index is 2.81. The van der Waals surface area contributed by atoms with E-state index in [0.717, 1.165) is 12.1 Å². The molecule has 0 aromatic heterocycles. The van der Waals surface area contributed by atoms with Crippen molar-refractivity contribution in [3.63, 3.8) is 0 Å². The Labute approximate surface area is 87.4 Å². The Morgan fingerprint density at radius 2 is 1.88 bits per heavy atom. The number of fused-ring (bicyclic) bond motifs is 1. The van der Waals surface area contributed by atoms with Gasteiger partial charge in [-0.25, -0.2) is 0 Å². The van der Waals surface area contributed by atoms with Crippen LogP contribution in [0.1, 0.15) is 20.7 Å². The molecule has 0 bridgehead atoms. The Morgan fingerprint density at radius 3 is 2.44 bits per heavy atom. The van der Waals surface area contributed by atoms with Crippen molar-refractivity contribution in [2.24, 2.45) is 0 Å². The van der Waals surface area contributed by atoms with Gasteiger partial charge in [-0.1, -0.05) is 0 Å². The highest BCUT2D eigenvalue weighted by Gasteiger charge is 2.42. The third kappa shape index (κ3) is 1.07. The molecule has 0 atom stereocenters. The maximum Gasteiger partial charge on any atom is 0.324 e. The van der Waals surface area contributed by atoms with Crippen LogP contribution in [0.15, 0.2) is 12.1 Å². The molecule has 2 N–H and O–H groups in total. The molecule has 1 aromatic rings. The zero-order chi connectivity index (χ0) is 12.0. The van der Waals surface area contributed by atoms with Crippen molar-refractivity contribution in [2.75, 3.05) is 0 Å². The van der Waals surface area contributed by atoms with Crippen LogP contribution in [0.5, 0.6) is 5.75 Å². The van der Waals surface area contributed by atoms with Gasteiger partial charge in [-0.2, -0.15) is 0 Å². The second-order valence-corrected chi connectivity index (χ2v) is 3.04. The summed E-state index contributed by atoms with van der Waals surface area (Å²) in [5, 5.41) is 28.6. The number of rotatable bonds is 1. The van der Waals surface area contributed by atoms with Gasteiger partial charge in [0, 0.05) is 0 Å². The Kier molecular flexibility index (Phi) is 1.89. The van der Waals surface area contributed by atoms with E-state index in [1.165, 1.54) is 0 Å². The van der Waals surface area contributed by atoms with Crippen LogP contribution < -0.4 is 0 Å². The quantitative estimate of drug-likeness (QED) is 0.306. The average Bonchev–Trinajstić information content (AvgIpc) is 2.43. The Hall–Kier alpha value is -2.48. The molecule has 8 nitrogen and oxygen atoms in total. The normalized spacial score (nSPS) is 14.2. The fraction of sp³-hybridized carbons (Fsp3) is 0. The smallest absolute Gasteiger partial charge is 0.324 e. The van der Waals surface area contributed by atoms with Gasteiger partial charge in [-0.05, 0) is 12.1 Å². The summed E-state index contributed by atoms with van der Waals surface area (Å²) in [7, 11) is 0. The molecule has 2 amide bonds. The van der Waals surface area contributed by atoms with E-state index in [1.54, 1.807) is 0 Å². The minimum atomic E-state index is -1.22. The first-order valence-corrected chi connectivity index (χ1v) is 4.03. The average molecular weight is 224 g/mol. The summed E-state index contributed by atoms with van der Waals surface area (Å²) in [5.41, 5.74) is -1.79. The summed E-state index contributed by atoms with van der Waals surface area (Å²) >= 11 is 0. The fourth-order valence-corrected chi connectivity index (χ4v) is 1.47. The molecule has 0 saturated heterocycles. The number of phenols is 1. The van der Waals surface area contributed by atoms with Gasteiger partial charge >= 0.3 is 5.69 Å². The van der Waals surface area contributed by atoms with Crippen LogP contribution >= 0.6 is 0 Å². The summed E-state index contributed by atoms with van der Waals surface area (Å²) in [5.74, 6) is -3.01. The lowest BCUT2D eigenvalue weighted by atomic mass is 10.1. The van der Waals surface area contributed by atoms with Crippen LogP contribution in [-0.2, 0) is 0 Å². The number of nitrogens with zero attached hydrogens (tertiary/aromatic N) is 2. The topological polar surface area (TPSA) is 121 Å². The van der Waals surface area contributed by atoms with Crippen molar-refractivity contribution in [1.29, 1.82) is 0 Å². The maximum absolute atomic E-state index is 11.3. The number of nitro groups is 1. The van der Waals surface area contributed by atoms with Gasteiger partial charge in [0.25, 0.3) is 11.8 Å². The molecule has 1 aliphatic heterocycles. The van der Waals surface area contributed by atoms with Crippen molar-refractivity contribution in [2.45, 2.75) is 0 Å². The van der Waals surface area contributed by atoms with E-state index in [1.807, 2.05) is 0 Å². The summed E-state index contributed by atoms with van der Waals surface area (Å²) in [4.78, 5) is 32.2. The predicted octanol–water partition coefficient (Wildman–Crippen LogP) is 0.286. The molecule has 0 fully saturated rings. The lowest BCUT2D eigenvalue weighted by Crippen LogP contribution is -2.25. The number of hydroxylamine groups is 2. The summed E-state index contributed by atoms with van der Waals surface area (Å²) in [6, 6.07) is 1.95. The van der Waals surface area contributed by atoms with Crippen LogP contribution in [0.25, 0.3) is 0 Å². The second-order valence-electron chi connectivity index (χ2n) is 3.04. The molecule has 8 heteroatoms. The minimum Gasteiger partial charge on any atom is -0.502 e. The number of carbonyl (C=O) groups is 2. The number of benzene rings is 1. The highest BCUT2D eigenvalue weighted by Crippen LogP contribution is 2.36. The predicted molar refractivity (Wildman–Crippen MR) is 47.0 cm³/mol. The van der Waals surface area contributed by atoms with Gasteiger partial charge in [0.15, 0.2) is 5.75 Å². The molecule has 2 rings (SSSR count). The van der Waals surface area contributed by atoms with E-state index < -0.39 is 33.7 Å². The van der Waals surface area contributed by atoms with Crippen molar-refractivity contribution >= 4 is 17.5 Å². The molecule has 0 radical (unpaired) electrons. The number of phenolic OH excluding ortho intramolecular Hbond substituents is 1. The molecular formula is C8H4N2O6. The van der Waals surface area contributed by atoms with E-state index in [9.17, 15) is 24.8 Å². The molecule has 0 spiro atoms. The van der Waals surface area contributed by atoms with Crippen molar-refractivity contribution in [3.05, 3.63) is 33.4 Å². The highest BCUT2D eigenvalue weighted by atomic mass is 16.6. The first kappa shape index (κ1) is 10.1. The third-order valence-corrected chi connectivity index (χ3v) is 2.17. The fourth-order valence-electron chi connectivity index (χ4n) is 1.47. The number of imide groups is 1. The van der Waals surface area contributed by atoms with Crippen LogP contribution in [0, 0.1) is 10.1 Å². The van der Waals surface area contributed by atoms with Crippen LogP contribution in [0.2, 0.25) is 0 Å². The first-order chi connectivity index (χ1) is 7.45. The zero-order valence-electron chi connectivity index (χ0n) is 7.58. The van der Waals surface area contributed by atoms with Gasteiger partial charge in [-0.15, -0.1) is 5.06 Å². The van der Waals surface area contributed by atoms with E-state index in [0.29, 0.717) is 0 Å². The van der Waals surface area contributed by atoms with E-state index >= 15 is 0 Å². The molecule has 0 saturated carbocycles. The standard InChI is InChI=1S/C8H4N2O6/c11-4-2-1-3-5(6(4)10(15)16)8(13)9(14)7(3)12/h1-2,11,14H. The number of carbonyl (C=O) groups excluding carboxylic acids is 2. The molecule has 0 aliphatic carbocycles. The number of nitro benzene ring substituents is 1. The van der Waals surface area contributed by atoms with Crippen LogP contribution in [-0.4, -0.2) is 32.1 Å². The van der Waals surface area contributed by atoms with Crippen molar-refractivity contribution in [3.8, 4) is 5.75 Å². The number of amides is 2. The molecule has 1 aliphatic rings. The van der Waals surface area contributed by atoms with E-state index in [2.05, 4.69) is 0 Å². The maximum atomic E-state index is 11.3. The molecule has 16 heavy (non-hydrogen) atoms. The molecular weight excluding hydrogens is 220 g/mol.